The van der Waals surface area contributed by atoms with Crippen molar-refractivity contribution in [3.05, 3.63) is 138 Å². The molecule has 0 bridgehead atoms. The zero-order valence-electron chi connectivity index (χ0n) is 25.1. The molecular formula is C37H40N4O. The summed E-state index contributed by atoms with van der Waals surface area (Å²) in [5, 5.41) is 8.52. The second kappa shape index (κ2) is 13.9. The molecule has 214 valence electrons. The zero-order valence-corrected chi connectivity index (χ0v) is 25.1. The molecule has 1 heterocycles. The molecule has 4 aromatic carbocycles. The van der Waals surface area contributed by atoms with Crippen LogP contribution in [-0.4, -0.2) is 40.1 Å². The fourth-order valence-corrected chi connectivity index (χ4v) is 5.15. The van der Waals surface area contributed by atoms with Gasteiger partial charge in [-0.1, -0.05) is 109 Å². The third-order valence-corrected chi connectivity index (χ3v) is 7.47. The van der Waals surface area contributed by atoms with Crippen LogP contribution in [0.1, 0.15) is 55.5 Å². The average molecular weight is 557 g/mol. The van der Waals surface area contributed by atoms with Crippen molar-refractivity contribution in [1.29, 1.82) is 0 Å². The summed E-state index contributed by atoms with van der Waals surface area (Å²) in [7, 11) is 2.13. The minimum atomic E-state index is 0.302. The predicted molar refractivity (Wildman–Crippen MR) is 173 cm³/mol. The normalized spacial score (nSPS) is 12.0. The van der Waals surface area contributed by atoms with E-state index in [9.17, 15) is 0 Å². The Hall–Kier alpha value is -4.48. The summed E-state index contributed by atoms with van der Waals surface area (Å²) in [6.07, 6.45) is 2.95. The number of likely N-dealkylation sites (N-methyl/N-ethyl adjacent to an activating group) is 1. The number of benzene rings is 4. The molecule has 5 nitrogen and oxygen atoms in total. The van der Waals surface area contributed by atoms with Crippen molar-refractivity contribution in [3.8, 4) is 17.0 Å². The van der Waals surface area contributed by atoms with Crippen LogP contribution in [0.15, 0.2) is 115 Å². The lowest BCUT2D eigenvalue weighted by Crippen LogP contribution is -2.23. The third-order valence-electron chi connectivity index (χ3n) is 7.47. The van der Waals surface area contributed by atoms with Crippen LogP contribution >= 0.6 is 0 Å². The van der Waals surface area contributed by atoms with Crippen molar-refractivity contribution >= 4 is 11.1 Å². The molecule has 0 unspecified atom stereocenters. The molecule has 0 aliphatic heterocycles. The van der Waals surface area contributed by atoms with E-state index in [2.05, 4.69) is 152 Å². The van der Waals surface area contributed by atoms with Gasteiger partial charge in [0.25, 0.3) is 0 Å². The summed E-state index contributed by atoms with van der Waals surface area (Å²) in [5.74, 6) is 0.885. The van der Waals surface area contributed by atoms with Crippen molar-refractivity contribution in [3.63, 3.8) is 0 Å². The van der Waals surface area contributed by atoms with Gasteiger partial charge in [0.15, 0.2) is 0 Å². The van der Waals surface area contributed by atoms with Gasteiger partial charge in [0, 0.05) is 24.7 Å². The van der Waals surface area contributed by atoms with Gasteiger partial charge in [0.05, 0.1) is 6.20 Å². The number of nitrogens with zero attached hydrogens (tertiary/aromatic N) is 4. The molecule has 0 saturated heterocycles. The van der Waals surface area contributed by atoms with Gasteiger partial charge in [-0.15, -0.1) is 5.10 Å². The molecule has 5 heteroatoms. The fourth-order valence-electron chi connectivity index (χ4n) is 5.15. The second-order valence-electron chi connectivity index (χ2n) is 10.9. The van der Waals surface area contributed by atoms with Crippen LogP contribution in [0.25, 0.3) is 22.4 Å². The summed E-state index contributed by atoms with van der Waals surface area (Å²) in [5.41, 5.74) is 9.53. The van der Waals surface area contributed by atoms with E-state index >= 15 is 0 Å². The highest BCUT2D eigenvalue weighted by molar-refractivity contribution is 5.98. The van der Waals surface area contributed by atoms with Crippen LogP contribution in [0.3, 0.4) is 0 Å². The van der Waals surface area contributed by atoms with E-state index in [4.69, 9.17) is 4.74 Å². The Morgan fingerprint density at radius 1 is 0.786 bits per heavy atom. The van der Waals surface area contributed by atoms with Crippen LogP contribution in [0.5, 0.6) is 5.75 Å². The Bertz CT molecular complexity index is 1570. The molecule has 5 aromatic rings. The standard InChI is InChI=1S/C37H40N4O/c1-5-35(30-12-8-6-9-13-30)37(32-14-10-7-11-15-32)33-20-22-34(23-21-33)42-25-24-40(4)26-29-16-18-31(19-17-29)36-27-41(28(2)3)39-38-36/h6-23,27-28H,5,24-26H2,1-4H3/b37-35-. The highest BCUT2D eigenvalue weighted by Crippen LogP contribution is 2.35. The van der Waals surface area contributed by atoms with Gasteiger partial charge in [-0.2, -0.15) is 0 Å². The predicted octanol–water partition coefficient (Wildman–Crippen LogP) is 8.41. The lowest BCUT2D eigenvalue weighted by atomic mass is 9.88. The van der Waals surface area contributed by atoms with Crippen molar-refractivity contribution in [2.75, 3.05) is 20.2 Å². The molecular weight excluding hydrogens is 516 g/mol. The van der Waals surface area contributed by atoms with Crippen LogP contribution < -0.4 is 4.74 Å². The third kappa shape index (κ3) is 7.23. The smallest absolute Gasteiger partial charge is 0.119 e. The molecule has 42 heavy (non-hydrogen) atoms. The maximum atomic E-state index is 6.15. The Balaban J connectivity index is 1.20. The van der Waals surface area contributed by atoms with Crippen molar-refractivity contribution in [2.24, 2.45) is 0 Å². The Morgan fingerprint density at radius 2 is 1.40 bits per heavy atom. The maximum absolute atomic E-state index is 6.15. The maximum Gasteiger partial charge on any atom is 0.119 e. The van der Waals surface area contributed by atoms with Crippen molar-refractivity contribution in [1.82, 2.24) is 19.9 Å². The molecule has 1 aromatic heterocycles. The van der Waals surface area contributed by atoms with Gasteiger partial charge >= 0.3 is 0 Å². The van der Waals surface area contributed by atoms with Crippen LogP contribution in [-0.2, 0) is 6.54 Å². The molecule has 0 spiro atoms. The topological polar surface area (TPSA) is 43.2 Å². The van der Waals surface area contributed by atoms with E-state index in [-0.39, 0.29) is 0 Å². The van der Waals surface area contributed by atoms with Crippen molar-refractivity contribution in [2.45, 2.75) is 39.8 Å². The molecule has 0 atom stereocenters. The molecule has 5 rings (SSSR count). The first-order chi connectivity index (χ1) is 20.5. The second-order valence-corrected chi connectivity index (χ2v) is 10.9. The highest BCUT2D eigenvalue weighted by Gasteiger charge is 2.13. The monoisotopic (exact) mass is 556 g/mol. The minimum Gasteiger partial charge on any atom is -0.492 e. The molecule has 0 aliphatic carbocycles. The first-order valence-corrected chi connectivity index (χ1v) is 14.8. The largest absolute Gasteiger partial charge is 0.492 e. The molecule has 0 amide bonds. The molecule has 0 N–H and O–H groups in total. The molecule has 0 fully saturated rings. The van der Waals surface area contributed by atoms with Gasteiger partial charge in [0.1, 0.15) is 18.1 Å². The van der Waals surface area contributed by atoms with E-state index in [1.165, 1.54) is 33.4 Å². The SMILES string of the molecule is CC/C(=C(\c1ccccc1)c1ccc(OCCN(C)Cc2ccc(-c3cn(C(C)C)nn3)cc2)cc1)c1ccccc1. The van der Waals surface area contributed by atoms with Crippen LogP contribution in [0.4, 0.5) is 0 Å². The number of aromatic nitrogens is 3. The Labute approximate surface area is 250 Å². The van der Waals surface area contributed by atoms with Crippen LogP contribution in [0.2, 0.25) is 0 Å². The number of ether oxygens (including phenoxy) is 1. The summed E-state index contributed by atoms with van der Waals surface area (Å²) < 4.78 is 8.04. The molecule has 0 saturated carbocycles. The summed E-state index contributed by atoms with van der Waals surface area (Å²) >= 11 is 0. The van der Waals surface area contributed by atoms with Gasteiger partial charge in [-0.3, -0.25) is 4.90 Å². The lowest BCUT2D eigenvalue weighted by molar-refractivity contribution is 0.233. The first kappa shape index (κ1) is 29.0. The van der Waals surface area contributed by atoms with Gasteiger partial charge in [-0.05, 0) is 72.8 Å². The number of hydrogen-bond acceptors (Lipinski definition) is 4. The quantitative estimate of drug-likeness (QED) is 0.145. The van der Waals surface area contributed by atoms with Gasteiger partial charge in [0.2, 0.25) is 0 Å². The number of rotatable bonds is 12. The lowest BCUT2D eigenvalue weighted by Gasteiger charge is -2.18. The van der Waals surface area contributed by atoms with E-state index < -0.39 is 0 Å². The Kier molecular flexibility index (Phi) is 9.62. The highest BCUT2D eigenvalue weighted by atomic mass is 16.5. The minimum absolute atomic E-state index is 0.302. The Morgan fingerprint density at radius 3 is 2.00 bits per heavy atom. The van der Waals surface area contributed by atoms with Gasteiger partial charge in [-0.25, -0.2) is 4.68 Å². The van der Waals surface area contributed by atoms with Crippen LogP contribution in [0, 0.1) is 0 Å². The fraction of sp³-hybridized carbons (Fsp3) is 0.243. The van der Waals surface area contributed by atoms with E-state index in [1.54, 1.807) is 0 Å². The van der Waals surface area contributed by atoms with E-state index in [0.717, 1.165) is 36.5 Å². The molecule has 0 radical (unpaired) electrons. The summed E-state index contributed by atoms with van der Waals surface area (Å²) in [6.45, 7) is 8.74. The summed E-state index contributed by atoms with van der Waals surface area (Å²) in [4.78, 5) is 2.28. The van der Waals surface area contributed by atoms with E-state index in [1.807, 2.05) is 10.9 Å². The zero-order chi connectivity index (χ0) is 29.3. The first-order valence-electron chi connectivity index (χ1n) is 14.8. The number of allylic oxidation sites excluding steroid dienone is 1. The van der Waals surface area contributed by atoms with Crippen molar-refractivity contribution < 1.29 is 4.74 Å². The van der Waals surface area contributed by atoms with E-state index in [0.29, 0.717) is 12.6 Å². The van der Waals surface area contributed by atoms with Gasteiger partial charge < -0.3 is 4.74 Å². The average Bonchev–Trinajstić information content (AvgIpc) is 3.53. The molecule has 0 aliphatic rings. The summed E-state index contributed by atoms with van der Waals surface area (Å²) in [6, 6.07) is 38.8. The number of hydrogen-bond donors (Lipinski definition) is 0.